The third kappa shape index (κ3) is 5.28. The maximum Gasteiger partial charge on any atom is 0.107 e. The number of hydrogen-bond donors (Lipinski definition) is 1. The van der Waals surface area contributed by atoms with Gasteiger partial charge in [-0.1, -0.05) is 26.0 Å². The Morgan fingerprint density at radius 2 is 1.85 bits per heavy atom. The van der Waals surface area contributed by atoms with Gasteiger partial charge in [-0.2, -0.15) is 5.26 Å². The first-order valence-corrected chi connectivity index (χ1v) is 7.87. The molecule has 0 amide bonds. The lowest BCUT2D eigenvalue weighted by atomic mass is 10.1. The van der Waals surface area contributed by atoms with Crippen molar-refractivity contribution >= 4 is 23.7 Å². The second kappa shape index (κ2) is 9.46. The highest BCUT2D eigenvalue weighted by atomic mass is 32.2. The van der Waals surface area contributed by atoms with Crippen LogP contribution in [-0.2, 0) is 0 Å². The molecular weight excluding hydrogens is 266 g/mol. The van der Waals surface area contributed by atoms with Crippen LogP contribution in [-0.4, -0.2) is 20.1 Å². The standard InChI is InChI=1S/C16H23N3S/c1-4-10-19(11-5-2)15-8-6-14(7-9-15)12-16(13-17)20-18-3/h6-9,12,18H,4-5,10-11H2,1-3H3/b16-12+. The first-order valence-electron chi connectivity index (χ1n) is 7.05. The molecule has 1 aromatic rings. The molecule has 0 unspecified atom stereocenters. The van der Waals surface area contributed by atoms with Crippen LogP contribution in [0, 0.1) is 11.3 Å². The molecular formula is C16H23N3S. The van der Waals surface area contributed by atoms with E-state index in [1.54, 1.807) is 0 Å². The molecule has 1 aromatic carbocycles. The molecule has 0 aliphatic heterocycles. The van der Waals surface area contributed by atoms with E-state index in [0.717, 1.165) is 31.5 Å². The normalized spacial score (nSPS) is 11.2. The second-order valence-electron chi connectivity index (χ2n) is 4.51. The SMILES string of the molecule is CCCN(CCC)c1ccc(/C=C(\C#N)SNC)cc1. The largest absolute Gasteiger partial charge is 0.372 e. The van der Waals surface area contributed by atoms with E-state index in [1.165, 1.54) is 17.6 Å². The quantitative estimate of drug-likeness (QED) is 0.579. The minimum Gasteiger partial charge on any atom is -0.372 e. The van der Waals surface area contributed by atoms with E-state index in [4.69, 9.17) is 5.26 Å². The summed E-state index contributed by atoms with van der Waals surface area (Å²) in [6.45, 7) is 6.58. The smallest absolute Gasteiger partial charge is 0.107 e. The highest BCUT2D eigenvalue weighted by Crippen LogP contribution is 2.19. The van der Waals surface area contributed by atoms with Gasteiger partial charge in [-0.15, -0.1) is 0 Å². The monoisotopic (exact) mass is 289 g/mol. The molecule has 0 radical (unpaired) electrons. The summed E-state index contributed by atoms with van der Waals surface area (Å²) in [6, 6.07) is 10.6. The van der Waals surface area contributed by atoms with E-state index in [1.807, 2.05) is 13.1 Å². The number of nitrogens with zero attached hydrogens (tertiary/aromatic N) is 2. The molecule has 0 aromatic heterocycles. The Balaban J connectivity index is 2.84. The second-order valence-corrected chi connectivity index (χ2v) is 5.56. The van der Waals surface area contributed by atoms with E-state index in [2.05, 4.69) is 53.8 Å². The van der Waals surface area contributed by atoms with Crippen molar-refractivity contribution in [1.29, 1.82) is 5.26 Å². The third-order valence-corrected chi connectivity index (χ3v) is 3.50. The lowest BCUT2D eigenvalue weighted by Crippen LogP contribution is -2.24. The van der Waals surface area contributed by atoms with Gasteiger partial charge in [0.15, 0.2) is 0 Å². The topological polar surface area (TPSA) is 39.1 Å². The Hall–Kier alpha value is -1.44. The fourth-order valence-electron chi connectivity index (χ4n) is 2.04. The molecule has 0 fully saturated rings. The molecule has 0 spiro atoms. The molecule has 4 heteroatoms. The van der Waals surface area contributed by atoms with E-state index >= 15 is 0 Å². The zero-order valence-corrected chi connectivity index (χ0v) is 13.3. The van der Waals surface area contributed by atoms with Crippen LogP contribution in [0.1, 0.15) is 32.3 Å². The van der Waals surface area contributed by atoms with Gasteiger partial charge in [0.1, 0.15) is 11.0 Å². The van der Waals surface area contributed by atoms with Gasteiger partial charge in [-0.25, -0.2) is 0 Å². The number of rotatable bonds is 8. The fourth-order valence-corrected chi connectivity index (χ4v) is 2.50. The van der Waals surface area contributed by atoms with Crippen molar-refractivity contribution in [3.05, 3.63) is 34.7 Å². The Morgan fingerprint density at radius 1 is 1.25 bits per heavy atom. The van der Waals surface area contributed by atoms with Crippen LogP contribution in [0.5, 0.6) is 0 Å². The van der Waals surface area contributed by atoms with Crippen LogP contribution in [0.15, 0.2) is 29.2 Å². The van der Waals surface area contributed by atoms with E-state index in [9.17, 15) is 0 Å². The summed E-state index contributed by atoms with van der Waals surface area (Å²) in [6.07, 6.45) is 4.20. The summed E-state index contributed by atoms with van der Waals surface area (Å²) >= 11 is 1.34. The Morgan fingerprint density at radius 3 is 2.30 bits per heavy atom. The minimum atomic E-state index is 0.666. The van der Waals surface area contributed by atoms with E-state index in [-0.39, 0.29) is 0 Å². The van der Waals surface area contributed by atoms with E-state index in [0.29, 0.717) is 4.91 Å². The maximum absolute atomic E-state index is 9.01. The molecule has 1 rings (SSSR count). The molecule has 108 valence electrons. The number of anilines is 1. The summed E-state index contributed by atoms with van der Waals surface area (Å²) < 4.78 is 2.92. The van der Waals surface area contributed by atoms with Crippen LogP contribution in [0.2, 0.25) is 0 Å². The van der Waals surface area contributed by atoms with Crippen molar-refractivity contribution in [2.75, 3.05) is 25.0 Å². The zero-order chi connectivity index (χ0) is 14.8. The van der Waals surface area contributed by atoms with Crippen molar-refractivity contribution in [2.24, 2.45) is 0 Å². The van der Waals surface area contributed by atoms with Crippen LogP contribution in [0.4, 0.5) is 5.69 Å². The number of allylic oxidation sites excluding steroid dienone is 1. The summed E-state index contributed by atoms with van der Waals surface area (Å²) in [5.74, 6) is 0. The molecule has 0 saturated carbocycles. The van der Waals surface area contributed by atoms with Crippen LogP contribution < -0.4 is 9.62 Å². The number of hydrogen-bond acceptors (Lipinski definition) is 4. The van der Waals surface area contributed by atoms with Crippen LogP contribution in [0.3, 0.4) is 0 Å². The molecule has 1 N–H and O–H groups in total. The molecule has 0 bridgehead atoms. The Kier molecular flexibility index (Phi) is 7.86. The van der Waals surface area contributed by atoms with Gasteiger partial charge in [-0.3, -0.25) is 4.72 Å². The van der Waals surface area contributed by atoms with Crippen LogP contribution in [0.25, 0.3) is 6.08 Å². The zero-order valence-electron chi connectivity index (χ0n) is 12.5. The predicted octanol–water partition coefficient (Wildman–Crippen LogP) is 4.05. The van der Waals surface area contributed by atoms with Gasteiger partial charge in [0.25, 0.3) is 0 Å². The molecule has 0 aliphatic carbocycles. The number of nitriles is 1. The summed E-state index contributed by atoms with van der Waals surface area (Å²) in [5.41, 5.74) is 2.31. The summed E-state index contributed by atoms with van der Waals surface area (Å²) in [4.78, 5) is 3.07. The van der Waals surface area contributed by atoms with Gasteiger partial charge in [-0.05, 0) is 55.6 Å². The molecule has 0 saturated heterocycles. The lowest BCUT2D eigenvalue weighted by Gasteiger charge is -2.23. The van der Waals surface area contributed by atoms with Crippen molar-refractivity contribution in [1.82, 2.24) is 4.72 Å². The summed E-state index contributed by atoms with van der Waals surface area (Å²) in [7, 11) is 1.81. The fraction of sp³-hybridized carbons (Fsp3) is 0.438. The molecule has 0 heterocycles. The Bertz CT molecular complexity index is 454. The van der Waals surface area contributed by atoms with Crippen molar-refractivity contribution < 1.29 is 0 Å². The average Bonchev–Trinajstić information content (AvgIpc) is 2.47. The summed E-state index contributed by atoms with van der Waals surface area (Å²) in [5, 5.41) is 9.01. The maximum atomic E-state index is 9.01. The van der Waals surface area contributed by atoms with Crippen molar-refractivity contribution in [3.63, 3.8) is 0 Å². The van der Waals surface area contributed by atoms with Gasteiger partial charge in [0.2, 0.25) is 0 Å². The first kappa shape index (κ1) is 16.6. The first-order chi connectivity index (χ1) is 9.74. The number of benzene rings is 1. The van der Waals surface area contributed by atoms with Gasteiger partial charge in [0, 0.05) is 18.8 Å². The van der Waals surface area contributed by atoms with Gasteiger partial charge < -0.3 is 4.90 Å². The van der Waals surface area contributed by atoms with Crippen molar-refractivity contribution in [2.45, 2.75) is 26.7 Å². The molecule has 20 heavy (non-hydrogen) atoms. The molecule has 0 atom stereocenters. The van der Waals surface area contributed by atoms with Crippen LogP contribution >= 0.6 is 11.9 Å². The number of nitrogens with one attached hydrogen (secondary N) is 1. The Labute approximate surface area is 126 Å². The van der Waals surface area contributed by atoms with Crippen molar-refractivity contribution in [3.8, 4) is 6.07 Å². The predicted molar refractivity (Wildman–Crippen MR) is 89.5 cm³/mol. The van der Waals surface area contributed by atoms with Gasteiger partial charge >= 0.3 is 0 Å². The minimum absolute atomic E-state index is 0.666. The molecule has 3 nitrogen and oxygen atoms in total. The molecule has 0 aliphatic rings. The van der Waals surface area contributed by atoms with Gasteiger partial charge in [0.05, 0.1) is 0 Å². The average molecular weight is 289 g/mol. The third-order valence-electron chi connectivity index (χ3n) is 2.87. The lowest BCUT2D eigenvalue weighted by molar-refractivity contribution is 0.745. The highest BCUT2D eigenvalue weighted by molar-refractivity contribution is 8.01. The highest BCUT2D eigenvalue weighted by Gasteiger charge is 2.04. The van der Waals surface area contributed by atoms with E-state index < -0.39 is 0 Å².